The van der Waals surface area contributed by atoms with Crippen LogP contribution in [0.3, 0.4) is 0 Å². The maximum absolute atomic E-state index is 13.6. The minimum atomic E-state index is -2.84. The molecule has 0 bridgehead atoms. The van der Waals surface area contributed by atoms with E-state index in [4.69, 9.17) is 0 Å². The fourth-order valence-electron chi connectivity index (χ4n) is 3.42. The molecule has 170 valence electrons. The van der Waals surface area contributed by atoms with Crippen LogP contribution in [0, 0.1) is 11.3 Å². The van der Waals surface area contributed by atoms with Crippen LogP contribution in [0.4, 0.5) is 8.78 Å². The minimum absolute atomic E-state index is 0.149. The van der Waals surface area contributed by atoms with E-state index in [0.29, 0.717) is 16.4 Å². The van der Waals surface area contributed by atoms with E-state index in [1.165, 1.54) is 23.7 Å². The summed E-state index contributed by atoms with van der Waals surface area (Å²) in [7, 11) is 0. The molecule has 14 heteroatoms. The predicted octanol–water partition coefficient (Wildman–Crippen LogP) is 3.06. The van der Waals surface area contributed by atoms with Gasteiger partial charge in [0.2, 0.25) is 0 Å². The zero-order chi connectivity index (χ0) is 23.8. The van der Waals surface area contributed by atoms with Gasteiger partial charge >= 0.3 is 0 Å². The van der Waals surface area contributed by atoms with Crippen LogP contribution >= 0.6 is 11.3 Å². The van der Waals surface area contributed by atoms with E-state index in [1.807, 2.05) is 0 Å². The summed E-state index contributed by atoms with van der Waals surface area (Å²) in [5.74, 6) is -0.0221. The number of pyridine rings is 1. The van der Waals surface area contributed by atoms with Gasteiger partial charge in [-0.25, -0.2) is 18.4 Å². The van der Waals surface area contributed by atoms with Crippen LogP contribution in [-0.4, -0.2) is 45.5 Å². The molecule has 11 nitrogen and oxygen atoms in total. The Bertz CT molecular complexity index is 1530. The third-order valence-electron chi connectivity index (χ3n) is 5.04. The molecule has 5 rings (SSSR count). The topological polar surface area (TPSA) is 142 Å². The number of hydrogen-bond donors (Lipinski definition) is 2. The molecule has 0 aliphatic heterocycles. The van der Waals surface area contributed by atoms with Gasteiger partial charge in [0, 0.05) is 6.20 Å². The first-order valence-electron chi connectivity index (χ1n) is 9.83. The summed E-state index contributed by atoms with van der Waals surface area (Å²) in [5.41, 5.74) is 0.743. The number of amides is 1. The van der Waals surface area contributed by atoms with E-state index in [2.05, 4.69) is 41.9 Å². The standard InChI is InChI=1S/C20H14F2N10OS/c1-10(18-25-9-27-29-18)28-20(33)11-4-13(32-15(17(21)22)7-26-30-32)19-24-6-14(31(19)8-11)16-3-2-12(5-23)34-16/h2-4,6-10,17H,1H3,(H,28,33)(H,25,27,29). The van der Waals surface area contributed by atoms with Crippen LogP contribution in [0.25, 0.3) is 21.9 Å². The number of fused-ring (bicyclic) bond motifs is 1. The molecule has 5 aromatic rings. The first kappa shape index (κ1) is 21.3. The number of nitriles is 1. The number of alkyl halides is 2. The number of nitrogens with zero attached hydrogens (tertiary/aromatic N) is 8. The average molecular weight is 480 g/mol. The number of H-pyrrole nitrogens is 1. The van der Waals surface area contributed by atoms with Crippen molar-refractivity contribution in [3.8, 4) is 22.3 Å². The molecular weight excluding hydrogens is 466 g/mol. The highest BCUT2D eigenvalue weighted by molar-refractivity contribution is 7.15. The van der Waals surface area contributed by atoms with Gasteiger partial charge in [-0.3, -0.25) is 9.20 Å². The van der Waals surface area contributed by atoms with Gasteiger partial charge in [-0.1, -0.05) is 5.21 Å². The SMILES string of the molecule is CC(NC(=O)c1cc(-n2nncc2C(F)F)c2ncc(-c3ccc(C#N)s3)n2c1)c1nnc[nH]1. The lowest BCUT2D eigenvalue weighted by Crippen LogP contribution is -2.28. The van der Waals surface area contributed by atoms with Gasteiger partial charge in [0.05, 0.1) is 34.6 Å². The van der Waals surface area contributed by atoms with Gasteiger partial charge < -0.3 is 10.3 Å². The number of aromatic nitrogens is 8. The Hall–Kier alpha value is -4.51. The highest BCUT2D eigenvalue weighted by Crippen LogP contribution is 2.31. The molecular formula is C20H14F2N10OS. The average Bonchev–Trinajstić information content (AvgIpc) is 3.62. The van der Waals surface area contributed by atoms with Gasteiger partial charge in [-0.15, -0.1) is 26.6 Å². The molecule has 1 amide bonds. The first-order chi connectivity index (χ1) is 16.5. The van der Waals surface area contributed by atoms with Crippen LogP contribution in [0.2, 0.25) is 0 Å². The van der Waals surface area contributed by atoms with Gasteiger partial charge in [-0.05, 0) is 25.1 Å². The molecule has 1 atom stereocenters. The highest BCUT2D eigenvalue weighted by atomic mass is 32.1. The van der Waals surface area contributed by atoms with E-state index in [-0.39, 0.29) is 16.9 Å². The lowest BCUT2D eigenvalue weighted by molar-refractivity contribution is 0.0938. The Kier molecular flexibility index (Phi) is 5.30. The number of carbonyl (C=O) groups is 1. The number of rotatable bonds is 6. The fourth-order valence-corrected chi connectivity index (χ4v) is 4.23. The molecule has 5 aromatic heterocycles. The molecule has 0 fully saturated rings. The monoisotopic (exact) mass is 480 g/mol. The summed E-state index contributed by atoms with van der Waals surface area (Å²) in [6, 6.07) is 6.43. The van der Waals surface area contributed by atoms with Crippen molar-refractivity contribution in [2.45, 2.75) is 19.4 Å². The fraction of sp³-hybridized carbons (Fsp3) is 0.150. The van der Waals surface area contributed by atoms with Crippen LogP contribution in [0.15, 0.2) is 43.1 Å². The first-order valence-corrected chi connectivity index (χ1v) is 10.6. The van der Waals surface area contributed by atoms with Crippen molar-refractivity contribution >= 4 is 22.9 Å². The van der Waals surface area contributed by atoms with Gasteiger partial charge in [0.1, 0.15) is 28.7 Å². The van der Waals surface area contributed by atoms with Crippen molar-refractivity contribution in [3.05, 3.63) is 65.1 Å². The Morgan fingerprint density at radius 3 is 2.85 bits per heavy atom. The molecule has 5 heterocycles. The molecule has 0 saturated carbocycles. The zero-order valence-corrected chi connectivity index (χ0v) is 18.2. The maximum atomic E-state index is 13.6. The second-order valence-corrected chi connectivity index (χ2v) is 8.25. The number of hydrogen-bond acceptors (Lipinski definition) is 8. The summed E-state index contributed by atoms with van der Waals surface area (Å²) < 4.78 is 29.8. The second kappa shape index (κ2) is 8.45. The summed E-state index contributed by atoms with van der Waals surface area (Å²) in [6.07, 6.45) is 2.61. The van der Waals surface area contributed by atoms with E-state index in [0.717, 1.165) is 15.8 Å². The van der Waals surface area contributed by atoms with Gasteiger partial charge in [0.15, 0.2) is 11.5 Å². The Labute approximate surface area is 193 Å². The molecule has 0 spiro atoms. The molecule has 1 unspecified atom stereocenters. The highest BCUT2D eigenvalue weighted by Gasteiger charge is 2.23. The Morgan fingerprint density at radius 2 is 2.15 bits per heavy atom. The predicted molar refractivity (Wildman–Crippen MR) is 115 cm³/mol. The molecule has 0 aliphatic carbocycles. The number of halogens is 2. The van der Waals surface area contributed by atoms with Crippen molar-refractivity contribution in [1.82, 2.24) is 44.9 Å². The summed E-state index contributed by atoms with van der Waals surface area (Å²) in [4.78, 5) is 21.5. The lowest BCUT2D eigenvalue weighted by Gasteiger charge is -2.14. The zero-order valence-electron chi connectivity index (χ0n) is 17.3. The number of imidazole rings is 1. The van der Waals surface area contributed by atoms with Crippen LogP contribution in [-0.2, 0) is 0 Å². The van der Waals surface area contributed by atoms with Crippen molar-refractivity contribution in [2.75, 3.05) is 0 Å². The maximum Gasteiger partial charge on any atom is 0.282 e. The number of nitrogens with one attached hydrogen (secondary N) is 2. The summed E-state index contributed by atoms with van der Waals surface area (Å²) in [5, 5.41) is 27.0. The molecule has 2 N–H and O–H groups in total. The quantitative estimate of drug-likeness (QED) is 0.380. The second-order valence-electron chi connectivity index (χ2n) is 7.17. The number of thiophene rings is 1. The van der Waals surface area contributed by atoms with Crippen molar-refractivity contribution in [1.29, 1.82) is 5.26 Å². The Balaban J connectivity index is 1.66. The van der Waals surface area contributed by atoms with Crippen molar-refractivity contribution < 1.29 is 13.6 Å². The number of aromatic amines is 1. The molecule has 0 aromatic carbocycles. The normalized spacial score (nSPS) is 12.2. The van der Waals surface area contributed by atoms with Crippen LogP contribution in [0.1, 0.15) is 46.1 Å². The third-order valence-corrected chi connectivity index (χ3v) is 6.05. The van der Waals surface area contributed by atoms with Crippen molar-refractivity contribution in [3.63, 3.8) is 0 Å². The molecule has 34 heavy (non-hydrogen) atoms. The van der Waals surface area contributed by atoms with Gasteiger partial charge in [-0.2, -0.15) is 5.26 Å². The van der Waals surface area contributed by atoms with Crippen LogP contribution < -0.4 is 5.32 Å². The number of carbonyl (C=O) groups excluding carboxylic acids is 1. The van der Waals surface area contributed by atoms with E-state index >= 15 is 0 Å². The largest absolute Gasteiger partial charge is 0.342 e. The van der Waals surface area contributed by atoms with Crippen LogP contribution in [0.5, 0.6) is 0 Å². The van der Waals surface area contributed by atoms with Gasteiger partial charge in [0.25, 0.3) is 12.3 Å². The minimum Gasteiger partial charge on any atom is -0.342 e. The molecule has 0 saturated heterocycles. The van der Waals surface area contributed by atoms with E-state index < -0.39 is 24.1 Å². The lowest BCUT2D eigenvalue weighted by atomic mass is 10.2. The third kappa shape index (κ3) is 3.67. The molecule has 0 radical (unpaired) electrons. The smallest absolute Gasteiger partial charge is 0.282 e. The Morgan fingerprint density at radius 1 is 1.29 bits per heavy atom. The summed E-state index contributed by atoms with van der Waals surface area (Å²) >= 11 is 1.24. The summed E-state index contributed by atoms with van der Waals surface area (Å²) in [6.45, 7) is 1.72. The van der Waals surface area contributed by atoms with Crippen molar-refractivity contribution in [2.24, 2.45) is 0 Å². The van der Waals surface area contributed by atoms with E-state index in [1.54, 1.807) is 35.9 Å². The van der Waals surface area contributed by atoms with E-state index in [9.17, 15) is 18.8 Å². The molecule has 0 aliphatic rings.